The Morgan fingerprint density at radius 2 is 1.72 bits per heavy atom. The van der Waals surface area contributed by atoms with Crippen LogP contribution in [0.15, 0.2) is 60.7 Å². The largest absolute Gasteiger partial charge is 0.481 e. The maximum Gasteiger partial charge on any atom is 0.410 e. The fourth-order valence-electron chi connectivity index (χ4n) is 2.39. The standard InChI is InChI=1S/C21H20ClNO6/c22-17-9-7-16(8-10-17)18(11-12-19(24)25)23-21(27)29-14-28-20(26)13-6-15-4-2-1-3-5-15/h1-10,13,18H,11-12,14H2,(H,23,27)(H,24,25)/b13-6+. The Labute approximate surface area is 172 Å². The molecule has 2 rings (SSSR count). The number of carboxylic acids is 1. The van der Waals surface area contributed by atoms with Crippen LogP contribution in [0, 0.1) is 0 Å². The summed E-state index contributed by atoms with van der Waals surface area (Å²) in [6, 6.07) is 15.2. The molecular formula is C21H20ClNO6. The summed E-state index contributed by atoms with van der Waals surface area (Å²) in [5.74, 6) is -1.65. The third-order valence-electron chi connectivity index (χ3n) is 3.81. The Kier molecular flexibility index (Phi) is 8.72. The number of benzene rings is 2. The molecule has 0 saturated heterocycles. The summed E-state index contributed by atoms with van der Waals surface area (Å²) in [7, 11) is 0. The van der Waals surface area contributed by atoms with Gasteiger partial charge in [-0.15, -0.1) is 0 Å². The van der Waals surface area contributed by atoms with E-state index in [0.717, 1.165) is 5.56 Å². The second-order valence-electron chi connectivity index (χ2n) is 5.94. The molecule has 29 heavy (non-hydrogen) atoms. The molecule has 0 aromatic heterocycles. The van der Waals surface area contributed by atoms with Crippen LogP contribution in [0.4, 0.5) is 4.79 Å². The van der Waals surface area contributed by atoms with Gasteiger partial charge in [-0.2, -0.15) is 0 Å². The summed E-state index contributed by atoms with van der Waals surface area (Å²) in [5.41, 5.74) is 1.50. The smallest absolute Gasteiger partial charge is 0.410 e. The molecule has 1 atom stereocenters. The number of halogens is 1. The van der Waals surface area contributed by atoms with E-state index >= 15 is 0 Å². The number of carbonyl (C=O) groups is 3. The van der Waals surface area contributed by atoms with Crippen molar-refractivity contribution in [2.45, 2.75) is 18.9 Å². The molecule has 0 aliphatic carbocycles. The monoisotopic (exact) mass is 417 g/mol. The first-order chi connectivity index (χ1) is 13.9. The van der Waals surface area contributed by atoms with E-state index in [2.05, 4.69) is 5.32 Å². The van der Waals surface area contributed by atoms with Crippen molar-refractivity contribution in [2.75, 3.05) is 6.79 Å². The fraction of sp³-hybridized carbons (Fsp3) is 0.190. The van der Waals surface area contributed by atoms with Crippen molar-refractivity contribution in [1.82, 2.24) is 5.32 Å². The number of rotatable bonds is 9. The van der Waals surface area contributed by atoms with Crippen LogP contribution in [0.5, 0.6) is 0 Å². The van der Waals surface area contributed by atoms with Crippen molar-refractivity contribution >= 4 is 35.7 Å². The minimum Gasteiger partial charge on any atom is -0.481 e. The van der Waals surface area contributed by atoms with Gasteiger partial charge in [0.2, 0.25) is 6.79 Å². The maximum absolute atomic E-state index is 12.0. The van der Waals surface area contributed by atoms with Crippen LogP contribution in [0.3, 0.4) is 0 Å². The second-order valence-corrected chi connectivity index (χ2v) is 6.37. The van der Waals surface area contributed by atoms with Crippen molar-refractivity contribution in [3.63, 3.8) is 0 Å². The quantitative estimate of drug-likeness (QED) is 0.360. The molecule has 8 heteroatoms. The highest BCUT2D eigenvalue weighted by molar-refractivity contribution is 6.30. The summed E-state index contributed by atoms with van der Waals surface area (Å²) in [5, 5.41) is 12.0. The molecule has 1 unspecified atom stereocenters. The normalized spacial score (nSPS) is 11.6. The number of carbonyl (C=O) groups excluding carboxylic acids is 2. The SMILES string of the molecule is O=C(O)CCC(NC(=O)OCOC(=O)/C=C/c1ccccc1)c1ccc(Cl)cc1. The van der Waals surface area contributed by atoms with Crippen molar-refractivity contribution < 1.29 is 29.0 Å². The van der Waals surface area contributed by atoms with Gasteiger partial charge in [0.1, 0.15) is 0 Å². The molecule has 0 bridgehead atoms. The highest BCUT2D eigenvalue weighted by Gasteiger charge is 2.17. The average Bonchev–Trinajstić information content (AvgIpc) is 2.71. The number of nitrogens with one attached hydrogen (secondary N) is 1. The number of hydrogen-bond donors (Lipinski definition) is 2. The summed E-state index contributed by atoms with van der Waals surface area (Å²) >= 11 is 5.85. The Morgan fingerprint density at radius 3 is 2.38 bits per heavy atom. The van der Waals surface area contributed by atoms with Crippen LogP contribution in [-0.4, -0.2) is 29.9 Å². The van der Waals surface area contributed by atoms with Gasteiger partial charge in [0.15, 0.2) is 0 Å². The summed E-state index contributed by atoms with van der Waals surface area (Å²) < 4.78 is 9.66. The molecule has 0 heterocycles. The van der Waals surface area contributed by atoms with Crippen LogP contribution < -0.4 is 5.32 Å². The lowest BCUT2D eigenvalue weighted by molar-refractivity contribution is -0.145. The predicted octanol–water partition coefficient (Wildman–Crippen LogP) is 4.19. The zero-order chi connectivity index (χ0) is 21.1. The molecule has 2 aromatic rings. The van der Waals surface area contributed by atoms with Gasteiger partial charge in [-0.1, -0.05) is 54.1 Å². The molecule has 0 radical (unpaired) electrons. The molecule has 2 aromatic carbocycles. The van der Waals surface area contributed by atoms with E-state index in [0.29, 0.717) is 10.6 Å². The number of esters is 1. The van der Waals surface area contributed by atoms with Gasteiger partial charge in [-0.3, -0.25) is 4.79 Å². The minimum absolute atomic E-state index is 0.146. The first-order valence-corrected chi connectivity index (χ1v) is 9.12. The number of hydrogen-bond acceptors (Lipinski definition) is 5. The van der Waals surface area contributed by atoms with E-state index < -0.39 is 30.9 Å². The van der Waals surface area contributed by atoms with Crippen LogP contribution in [0.2, 0.25) is 5.02 Å². The van der Waals surface area contributed by atoms with E-state index in [9.17, 15) is 14.4 Å². The zero-order valence-electron chi connectivity index (χ0n) is 15.4. The number of alkyl carbamates (subject to hydrolysis) is 1. The molecule has 152 valence electrons. The first kappa shape index (κ1) is 22.0. The van der Waals surface area contributed by atoms with E-state index in [1.165, 1.54) is 6.08 Å². The number of amides is 1. The second kappa shape index (κ2) is 11.5. The van der Waals surface area contributed by atoms with E-state index in [1.807, 2.05) is 30.3 Å². The topological polar surface area (TPSA) is 102 Å². The van der Waals surface area contributed by atoms with E-state index in [-0.39, 0.29) is 12.8 Å². The van der Waals surface area contributed by atoms with E-state index in [4.69, 9.17) is 26.2 Å². The van der Waals surface area contributed by atoms with Gasteiger partial charge in [0.05, 0.1) is 6.04 Å². The van der Waals surface area contributed by atoms with Crippen LogP contribution >= 0.6 is 11.6 Å². The van der Waals surface area contributed by atoms with E-state index in [1.54, 1.807) is 30.3 Å². The first-order valence-electron chi connectivity index (χ1n) is 8.74. The lowest BCUT2D eigenvalue weighted by atomic mass is 10.0. The lowest BCUT2D eigenvalue weighted by Crippen LogP contribution is -2.30. The Hall–Kier alpha value is -3.32. The lowest BCUT2D eigenvalue weighted by Gasteiger charge is -2.18. The molecule has 2 N–H and O–H groups in total. The Balaban J connectivity index is 1.82. The molecular weight excluding hydrogens is 398 g/mol. The molecule has 0 fully saturated rings. The summed E-state index contributed by atoms with van der Waals surface area (Å²) in [6.45, 7) is -0.573. The molecule has 0 aliphatic rings. The van der Waals surface area contributed by atoms with Crippen LogP contribution in [0.1, 0.15) is 30.0 Å². The Morgan fingerprint density at radius 1 is 1.03 bits per heavy atom. The highest BCUT2D eigenvalue weighted by Crippen LogP contribution is 2.21. The van der Waals surface area contributed by atoms with Gasteiger partial charge >= 0.3 is 18.0 Å². The summed E-state index contributed by atoms with van der Waals surface area (Å²) in [6.07, 6.45) is 1.97. The van der Waals surface area contributed by atoms with Crippen molar-refractivity contribution in [1.29, 1.82) is 0 Å². The fourth-order valence-corrected chi connectivity index (χ4v) is 2.51. The van der Waals surface area contributed by atoms with Gasteiger partial charge in [0.25, 0.3) is 0 Å². The molecule has 7 nitrogen and oxygen atoms in total. The zero-order valence-corrected chi connectivity index (χ0v) is 16.2. The average molecular weight is 418 g/mol. The molecule has 0 aliphatic heterocycles. The Bertz CT molecular complexity index is 851. The van der Waals surface area contributed by atoms with Crippen LogP contribution in [0.25, 0.3) is 6.08 Å². The maximum atomic E-state index is 12.0. The molecule has 1 amide bonds. The van der Waals surface area contributed by atoms with Gasteiger partial charge < -0.3 is 19.9 Å². The summed E-state index contributed by atoms with van der Waals surface area (Å²) in [4.78, 5) is 34.5. The minimum atomic E-state index is -0.988. The number of aliphatic carboxylic acids is 1. The molecule has 0 saturated carbocycles. The van der Waals surface area contributed by atoms with Crippen molar-refractivity contribution in [2.24, 2.45) is 0 Å². The van der Waals surface area contributed by atoms with Gasteiger partial charge in [-0.05, 0) is 35.8 Å². The van der Waals surface area contributed by atoms with Crippen molar-refractivity contribution in [3.8, 4) is 0 Å². The highest BCUT2D eigenvalue weighted by atomic mass is 35.5. The van der Waals surface area contributed by atoms with Crippen molar-refractivity contribution in [3.05, 3.63) is 76.8 Å². The van der Waals surface area contributed by atoms with Gasteiger partial charge in [-0.25, -0.2) is 9.59 Å². The third kappa shape index (κ3) is 8.49. The number of ether oxygens (including phenoxy) is 2. The predicted molar refractivity (Wildman–Crippen MR) is 107 cm³/mol. The number of carboxylic acid groups (broad SMARTS) is 1. The molecule has 0 spiro atoms. The van der Waals surface area contributed by atoms with Gasteiger partial charge in [0, 0.05) is 17.5 Å². The third-order valence-corrected chi connectivity index (χ3v) is 4.07. The van der Waals surface area contributed by atoms with Crippen LogP contribution in [-0.2, 0) is 19.1 Å².